The van der Waals surface area contributed by atoms with Crippen molar-refractivity contribution in [2.45, 2.75) is 44.8 Å². The molecule has 1 fully saturated rings. The van der Waals surface area contributed by atoms with Crippen LogP contribution >= 0.6 is 0 Å². The maximum Gasteiger partial charge on any atom is 0.406 e. The fraction of sp³-hybridized carbons (Fsp3) is 0.833. The molecule has 2 amide bonds. The first-order chi connectivity index (χ1) is 9.18. The molecule has 1 heterocycles. The molecule has 1 unspecified atom stereocenters. The lowest BCUT2D eigenvalue weighted by atomic mass is 9.93. The standard InChI is InChI=1S/C12H19F3N2O3/c1-3-11(9(18)19)6-5-7-17(11)10(20)16(4-2)8-12(13,14)15/h3-8H2,1-2H3,(H,18,19). The number of aliphatic carboxylic acids is 1. The van der Waals surface area contributed by atoms with Gasteiger partial charge in [-0.3, -0.25) is 0 Å². The number of alkyl halides is 3. The summed E-state index contributed by atoms with van der Waals surface area (Å²) in [4.78, 5) is 25.4. The molecule has 1 N–H and O–H groups in total. The number of hydrogen-bond acceptors (Lipinski definition) is 2. The van der Waals surface area contributed by atoms with E-state index in [1.165, 1.54) is 6.92 Å². The number of carboxylic acid groups (broad SMARTS) is 1. The Labute approximate surface area is 115 Å². The van der Waals surface area contributed by atoms with Gasteiger partial charge in [0, 0.05) is 13.1 Å². The molecule has 1 rings (SSSR count). The van der Waals surface area contributed by atoms with Gasteiger partial charge in [0.1, 0.15) is 12.1 Å². The quantitative estimate of drug-likeness (QED) is 0.866. The second kappa shape index (κ2) is 5.88. The minimum atomic E-state index is -4.50. The van der Waals surface area contributed by atoms with E-state index in [1.807, 2.05) is 0 Å². The Morgan fingerprint density at radius 2 is 1.95 bits per heavy atom. The number of carbonyl (C=O) groups excluding carboxylic acids is 1. The van der Waals surface area contributed by atoms with E-state index < -0.39 is 30.3 Å². The van der Waals surface area contributed by atoms with Crippen molar-refractivity contribution in [2.24, 2.45) is 0 Å². The Morgan fingerprint density at radius 3 is 2.35 bits per heavy atom. The molecule has 116 valence electrons. The molecule has 1 aliphatic rings. The van der Waals surface area contributed by atoms with Gasteiger partial charge in [-0.1, -0.05) is 6.92 Å². The van der Waals surface area contributed by atoms with Crippen LogP contribution in [0.15, 0.2) is 0 Å². The van der Waals surface area contributed by atoms with E-state index in [9.17, 15) is 27.9 Å². The number of carbonyl (C=O) groups is 2. The van der Waals surface area contributed by atoms with Gasteiger partial charge in [-0.05, 0) is 26.2 Å². The molecule has 0 spiro atoms. The summed E-state index contributed by atoms with van der Waals surface area (Å²) >= 11 is 0. The zero-order chi connectivity index (χ0) is 15.6. The van der Waals surface area contributed by atoms with Crippen LogP contribution in [0, 0.1) is 0 Å². The van der Waals surface area contributed by atoms with Crippen LogP contribution in [0.3, 0.4) is 0 Å². The maximum absolute atomic E-state index is 12.4. The van der Waals surface area contributed by atoms with Crippen LogP contribution in [0.2, 0.25) is 0 Å². The van der Waals surface area contributed by atoms with Crippen molar-refractivity contribution in [2.75, 3.05) is 19.6 Å². The topological polar surface area (TPSA) is 60.9 Å². The molecule has 5 nitrogen and oxygen atoms in total. The third-order valence-corrected chi connectivity index (χ3v) is 3.73. The molecule has 0 saturated carbocycles. The van der Waals surface area contributed by atoms with Crippen LogP contribution in [0.1, 0.15) is 33.1 Å². The van der Waals surface area contributed by atoms with Crippen molar-refractivity contribution in [1.82, 2.24) is 9.80 Å². The van der Waals surface area contributed by atoms with Crippen molar-refractivity contribution in [3.8, 4) is 0 Å². The van der Waals surface area contributed by atoms with E-state index in [0.717, 1.165) is 4.90 Å². The summed E-state index contributed by atoms with van der Waals surface area (Å²) in [6.07, 6.45) is -3.56. The molecule has 1 saturated heterocycles. The average Bonchev–Trinajstić information content (AvgIpc) is 2.78. The minimum absolute atomic E-state index is 0.117. The number of hydrogen-bond donors (Lipinski definition) is 1. The number of rotatable bonds is 4. The van der Waals surface area contributed by atoms with Crippen molar-refractivity contribution in [3.63, 3.8) is 0 Å². The molecule has 0 radical (unpaired) electrons. The van der Waals surface area contributed by atoms with Crippen LogP contribution in [0.4, 0.5) is 18.0 Å². The second-order valence-electron chi connectivity index (χ2n) is 4.86. The molecule has 0 aromatic rings. The Morgan fingerprint density at radius 1 is 1.35 bits per heavy atom. The molecule has 0 aliphatic carbocycles. The fourth-order valence-electron chi connectivity index (χ4n) is 2.60. The first-order valence-electron chi connectivity index (χ1n) is 6.54. The predicted molar refractivity (Wildman–Crippen MR) is 65.3 cm³/mol. The Hall–Kier alpha value is -1.47. The Kier molecular flexibility index (Phi) is 4.88. The summed E-state index contributed by atoms with van der Waals surface area (Å²) in [6, 6.07) is -0.855. The molecule has 8 heteroatoms. The number of urea groups is 1. The van der Waals surface area contributed by atoms with Crippen LogP contribution in [-0.4, -0.2) is 58.3 Å². The van der Waals surface area contributed by atoms with Gasteiger partial charge in [0.05, 0.1) is 0 Å². The number of carboxylic acids is 1. The highest BCUT2D eigenvalue weighted by Crippen LogP contribution is 2.34. The van der Waals surface area contributed by atoms with E-state index in [2.05, 4.69) is 0 Å². The normalized spacial score (nSPS) is 22.9. The number of likely N-dealkylation sites (tertiary alicyclic amines) is 1. The number of halogens is 3. The smallest absolute Gasteiger partial charge is 0.406 e. The lowest BCUT2D eigenvalue weighted by molar-refractivity contribution is -0.150. The highest BCUT2D eigenvalue weighted by atomic mass is 19.4. The highest BCUT2D eigenvalue weighted by molar-refractivity contribution is 5.87. The van der Waals surface area contributed by atoms with Crippen LogP contribution in [-0.2, 0) is 4.79 Å². The first-order valence-corrected chi connectivity index (χ1v) is 6.54. The Bertz CT molecular complexity index is 387. The van der Waals surface area contributed by atoms with Gasteiger partial charge in [-0.25, -0.2) is 9.59 Å². The largest absolute Gasteiger partial charge is 0.479 e. The SMILES string of the molecule is CCN(CC(F)(F)F)C(=O)N1CCCC1(CC)C(=O)O. The number of amides is 2. The molecule has 0 bridgehead atoms. The maximum atomic E-state index is 12.4. The molecule has 1 atom stereocenters. The van der Waals surface area contributed by atoms with E-state index >= 15 is 0 Å². The van der Waals surface area contributed by atoms with Gasteiger partial charge >= 0.3 is 18.2 Å². The van der Waals surface area contributed by atoms with Gasteiger partial charge in [-0.15, -0.1) is 0 Å². The summed E-state index contributed by atoms with van der Waals surface area (Å²) < 4.78 is 37.3. The van der Waals surface area contributed by atoms with Gasteiger partial charge in [0.2, 0.25) is 0 Å². The zero-order valence-electron chi connectivity index (χ0n) is 11.5. The summed E-state index contributed by atoms with van der Waals surface area (Å²) in [7, 11) is 0. The van der Waals surface area contributed by atoms with Gasteiger partial charge in [-0.2, -0.15) is 13.2 Å². The van der Waals surface area contributed by atoms with E-state index in [4.69, 9.17) is 0 Å². The molecule has 0 aromatic carbocycles. The summed E-state index contributed by atoms with van der Waals surface area (Å²) in [5, 5.41) is 9.34. The zero-order valence-corrected chi connectivity index (χ0v) is 11.5. The van der Waals surface area contributed by atoms with E-state index in [0.29, 0.717) is 11.3 Å². The molecule has 20 heavy (non-hydrogen) atoms. The van der Waals surface area contributed by atoms with E-state index in [-0.39, 0.29) is 25.9 Å². The Balaban J connectivity index is 2.96. The molecular formula is C12H19F3N2O3. The summed E-state index contributed by atoms with van der Waals surface area (Å²) in [5.74, 6) is -1.16. The van der Waals surface area contributed by atoms with Crippen LogP contribution in [0.5, 0.6) is 0 Å². The summed E-state index contributed by atoms with van der Waals surface area (Å²) in [6.45, 7) is 1.76. The molecular weight excluding hydrogens is 277 g/mol. The van der Waals surface area contributed by atoms with Crippen molar-refractivity contribution in [1.29, 1.82) is 0 Å². The first kappa shape index (κ1) is 16.6. The third kappa shape index (κ3) is 3.16. The van der Waals surface area contributed by atoms with Gasteiger partial charge in [0.25, 0.3) is 0 Å². The van der Waals surface area contributed by atoms with Gasteiger partial charge < -0.3 is 14.9 Å². The monoisotopic (exact) mass is 296 g/mol. The lowest BCUT2D eigenvalue weighted by Crippen LogP contribution is -2.57. The van der Waals surface area contributed by atoms with Crippen molar-refractivity contribution in [3.05, 3.63) is 0 Å². The fourth-order valence-corrected chi connectivity index (χ4v) is 2.60. The summed E-state index contributed by atoms with van der Waals surface area (Å²) in [5.41, 5.74) is -1.38. The minimum Gasteiger partial charge on any atom is -0.479 e. The molecule has 0 aromatic heterocycles. The second-order valence-corrected chi connectivity index (χ2v) is 4.86. The van der Waals surface area contributed by atoms with E-state index in [1.54, 1.807) is 6.92 Å². The average molecular weight is 296 g/mol. The van der Waals surface area contributed by atoms with Crippen molar-refractivity contribution < 1.29 is 27.9 Å². The van der Waals surface area contributed by atoms with Gasteiger partial charge in [0.15, 0.2) is 0 Å². The van der Waals surface area contributed by atoms with Crippen LogP contribution in [0.25, 0.3) is 0 Å². The van der Waals surface area contributed by atoms with Crippen molar-refractivity contribution >= 4 is 12.0 Å². The predicted octanol–water partition coefficient (Wildman–Crippen LogP) is 2.32. The van der Waals surface area contributed by atoms with Crippen LogP contribution < -0.4 is 0 Å². The molecule has 1 aliphatic heterocycles. The number of nitrogens with zero attached hydrogens (tertiary/aromatic N) is 2. The lowest BCUT2D eigenvalue weighted by Gasteiger charge is -2.37. The third-order valence-electron chi connectivity index (χ3n) is 3.73. The highest BCUT2D eigenvalue weighted by Gasteiger charge is 2.50.